The summed E-state index contributed by atoms with van der Waals surface area (Å²) in [6, 6.07) is 12.4. The Hall–Kier alpha value is -3.20. The van der Waals surface area contributed by atoms with E-state index in [1.165, 1.54) is 4.90 Å². The van der Waals surface area contributed by atoms with Crippen LogP contribution in [0.2, 0.25) is 0 Å². The fraction of sp³-hybridized carbons (Fsp3) is 0.333. The molecule has 0 fully saturated rings. The topological polar surface area (TPSA) is 39.2 Å². The van der Waals surface area contributed by atoms with Crippen molar-refractivity contribution in [2.75, 3.05) is 26.2 Å². The minimum absolute atomic E-state index is 0.0203. The number of carbonyl (C=O) groups is 1. The van der Waals surface area contributed by atoms with Crippen LogP contribution in [0.3, 0.4) is 0 Å². The molecule has 3 aliphatic rings. The molecule has 5 nitrogen and oxygen atoms in total. The van der Waals surface area contributed by atoms with Gasteiger partial charge in [-0.1, -0.05) is 36.4 Å². The zero-order valence-electron chi connectivity index (χ0n) is 17.8. The van der Waals surface area contributed by atoms with E-state index in [1.807, 2.05) is 35.2 Å². The summed E-state index contributed by atoms with van der Waals surface area (Å²) in [5, 5.41) is 0. The first-order valence-corrected chi connectivity index (χ1v) is 10.8. The lowest BCUT2D eigenvalue weighted by Crippen LogP contribution is -2.53. The number of aliphatic imine (C=N–C) groups is 1. The monoisotopic (exact) mass is 458 g/mol. The van der Waals surface area contributed by atoms with E-state index in [1.54, 1.807) is 0 Å². The van der Waals surface area contributed by atoms with Gasteiger partial charge in [-0.15, -0.1) is 0 Å². The maximum absolute atomic E-state index is 14.5. The van der Waals surface area contributed by atoms with Gasteiger partial charge in [-0.05, 0) is 17.7 Å². The van der Waals surface area contributed by atoms with E-state index in [4.69, 9.17) is 0 Å². The number of rotatable bonds is 4. The molecule has 0 spiro atoms. The molecular weight excluding hydrogens is 436 g/mol. The second-order valence-electron chi connectivity index (χ2n) is 8.40. The smallest absolute Gasteiger partial charge is 0.314 e. The molecule has 0 N–H and O–H groups in total. The van der Waals surface area contributed by atoms with E-state index in [0.29, 0.717) is 50.2 Å². The standard InChI is InChI=1S/C24H22F4N4O/c25-20-12-18(24(26,27)28)7-6-17(20)14-32-22(33)19-15-30(13-16-4-2-1-3-5-16)10-8-21(19)31-11-9-29-23(31)32/h1-7,12H,8-11,13-15H2. The molecule has 0 unspecified atom stereocenters. The lowest BCUT2D eigenvalue weighted by atomic mass is 10.00. The van der Waals surface area contributed by atoms with Gasteiger partial charge in [-0.3, -0.25) is 19.6 Å². The van der Waals surface area contributed by atoms with E-state index in [9.17, 15) is 22.4 Å². The van der Waals surface area contributed by atoms with Gasteiger partial charge < -0.3 is 4.90 Å². The number of benzene rings is 2. The molecule has 0 bridgehead atoms. The summed E-state index contributed by atoms with van der Waals surface area (Å²) in [5.41, 5.74) is 1.71. The average molecular weight is 458 g/mol. The number of fused-ring (bicyclic) bond motifs is 2. The van der Waals surface area contributed by atoms with Crippen molar-refractivity contribution in [2.45, 2.75) is 25.7 Å². The van der Waals surface area contributed by atoms with Crippen molar-refractivity contribution in [3.05, 3.63) is 82.3 Å². The van der Waals surface area contributed by atoms with Gasteiger partial charge in [-0.2, -0.15) is 13.2 Å². The lowest BCUT2D eigenvalue weighted by molar-refractivity contribution is -0.137. The fourth-order valence-corrected chi connectivity index (χ4v) is 4.61. The summed E-state index contributed by atoms with van der Waals surface area (Å²) in [6.45, 7) is 2.94. The largest absolute Gasteiger partial charge is 0.416 e. The Balaban J connectivity index is 1.40. The van der Waals surface area contributed by atoms with Crippen molar-refractivity contribution < 1.29 is 22.4 Å². The van der Waals surface area contributed by atoms with E-state index >= 15 is 0 Å². The molecule has 33 heavy (non-hydrogen) atoms. The maximum Gasteiger partial charge on any atom is 0.416 e. The number of nitrogens with zero attached hydrogens (tertiary/aromatic N) is 4. The Morgan fingerprint density at radius 1 is 1.00 bits per heavy atom. The molecule has 0 aromatic heterocycles. The van der Waals surface area contributed by atoms with Gasteiger partial charge in [0.25, 0.3) is 5.91 Å². The third-order valence-corrected chi connectivity index (χ3v) is 6.24. The van der Waals surface area contributed by atoms with Crippen molar-refractivity contribution in [2.24, 2.45) is 4.99 Å². The first-order valence-electron chi connectivity index (χ1n) is 10.8. The number of alkyl halides is 3. The van der Waals surface area contributed by atoms with Gasteiger partial charge in [0.05, 0.1) is 24.2 Å². The van der Waals surface area contributed by atoms with E-state index in [2.05, 4.69) is 9.89 Å². The number of hydrogen-bond donors (Lipinski definition) is 0. The number of hydrogen-bond acceptors (Lipinski definition) is 4. The van der Waals surface area contributed by atoms with Crippen LogP contribution in [-0.4, -0.2) is 52.7 Å². The predicted molar refractivity (Wildman–Crippen MR) is 114 cm³/mol. The summed E-state index contributed by atoms with van der Waals surface area (Å²) in [4.78, 5) is 23.5. The van der Waals surface area contributed by atoms with Crippen molar-refractivity contribution in [3.8, 4) is 0 Å². The average Bonchev–Trinajstić information content (AvgIpc) is 3.27. The van der Waals surface area contributed by atoms with E-state index in [-0.39, 0.29) is 18.0 Å². The highest BCUT2D eigenvalue weighted by atomic mass is 19.4. The number of guanidine groups is 1. The van der Waals surface area contributed by atoms with E-state index in [0.717, 1.165) is 29.9 Å². The Bertz CT molecular complexity index is 1140. The van der Waals surface area contributed by atoms with Crippen LogP contribution in [0.25, 0.3) is 0 Å². The number of carbonyl (C=O) groups excluding carboxylic acids is 1. The molecule has 0 radical (unpaired) electrons. The highest BCUT2D eigenvalue weighted by molar-refractivity contribution is 6.09. The van der Waals surface area contributed by atoms with Crippen LogP contribution in [0.4, 0.5) is 17.6 Å². The molecule has 9 heteroatoms. The molecule has 2 aromatic carbocycles. The molecule has 172 valence electrons. The summed E-state index contributed by atoms with van der Waals surface area (Å²) < 4.78 is 53.3. The van der Waals surface area contributed by atoms with E-state index < -0.39 is 17.6 Å². The van der Waals surface area contributed by atoms with Crippen molar-refractivity contribution in [3.63, 3.8) is 0 Å². The van der Waals surface area contributed by atoms with Crippen LogP contribution in [0.15, 0.2) is 64.8 Å². The second-order valence-corrected chi connectivity index (χ2v) is 8.40. The predicted octanol–water partition coefficient (Wildman–Crippen LogP) is 4.02. The van der Waals surface area contributed by atoms with Gasteiger partial charge in [0, 0.05) is 43.9 Å². The Labute approximate surface area is 188 Å². The van der Waals surface area contributed by atoms with Crippen molar-refractivity contribution in [1.29, 1.82) is 0 Å². The summed E-state index contributed by atoms with van der Waals surface area (Å²) in [5.74, 6) is -0.801. The molecule has 1 amide bonds. The Morgan fingerprint density at radius 2 is 1.79 bits per heavy atom. The zero-order chi connectivity index (χ0) is 23.2. The van der Waals surface area contributed by atoms with Crippen LogP contribution >= 0.6 is 0 Å². The van der Waals surface area contributed by atoms with Crippen LogP contribution in [0.5, 0.6) is 0 Å². The van der Waals surface area contributed by atoms with Gasteiger partial charge in [0.15, 0.2) is 0 Å². The highest BCUT2D eigenvalue weighted by Gasteiger charge is 2.41. The highest BCUT2D eigenvalue weighted by Crippen LogP contribution is 2.34. The van der Waals surface area contributed by atoms with Gasteiger partial charge in [0.1, 0.15) is 5.82 Å². The summed E-state index contributed by atoms with van der Waals surface area (Å²) in [6.07, 6.45) is -3.92. The third kappa shape index (κ3) is 4.13. The normalized spacial score (nSPS) is 19.0. The van der Waals surface area contributed by atoms with Gasteiger partial charge in [-0.25, -0.2) is 4.39 Å². The molecule has 2 aromatic rings. The first kappa shape index (κ1) is 21.6. The van der Waals surface area contributed by atoms with Gasteiger partial charge >= 0.3 is 6.18 Å². The molecule has 5 rings (SSSR count). The van der Waals surface area contributed by atoms with Crippen LogP contribution in [0.1, 0.15) is 23.1 Å². The Morgan fingerprint density at radius 3 is 2.52 bits per heavy atom. The van der Waals surface area contributed by atoms with Crippen LogP contribution < -0.4 is 0 Å². The maximum atomic E-state index is 14.5. The molecule has 0 saturated heterocycles. The quantitative estimate of drug-likeness (QED) is 0.650. The summed E-state index contributed by atoms with van der Waals surface area (Å²) in [7, 11) is 0. The van der Waals surface area contributed by atoms with Crippen LogP contribution in [0, 0.1) is 5.82 Å². The Kier molecular flexibility index (Phi) is 5.44. The molecule has 3 heterocycles. The van der Waals surface area contributed by atoms with Crippen LogP contribution in [-0.2, 0) is 24.1 Å². The minimum atomic E-state index is -4.63. The molecular formula is C24H22F4N4O. The zero-order valence-corrected chi connectivity index (χ0v) is 17.8. The SMILES string of the molecule is O=C1C2=C(CCN(Cc3ccccc3)C2)N2CCN=C2N1Cc1ccc(C(F)(F)F)cc1F. The number of amides is 1. The second kappa shape index (κ2) is 8.30. The van der Waals surface area contributed by atoms with Crippen molar-refractivity contribution in [1.82, 2.24) is 14.7 Å². The fourth-order valence-electron chi connectivity index (χ4n) is 4.61. The summed E-state index contributed by atoms with van der Waals surface area (Å²) >= 11 is 0. The lowest BCUT2D eigenvalue weighted by Gasteiger charge is -2.42. The van der Waals surface area contributed by atoms with Gasteiger partial charge in [0.2, 0.25) is 5.96 Å². The molecule has 3 aliphatic heterocycles. The number of halogens is 4. The first-order chi connectivity index (χ1) is 15.8. The van der Waals surface area contributed by atoms with Crippen molar-refractivity contribution >= 4 is 11.9 Å². The minimum Gasteiger partial charge on any atom is -0.314 e. The molecule has 0 saturated carbocycles. The third-order valence-electron chi connectivity index (χ3n) is 6.24. The molecule has 0 aliphatic carbocycles. The molecule has 0 atom stereocenters.